The molecule has 204 valence electrons. The standard InChI is InChI=1S/C30H30O9/c1-5-28(31)37-17-7-6-16-36-24-14-10-22(18-26(24)34-3)30(33)39-25-15-11-21(19-27(25)35-4)29(32)38-23-12-8-20(2)9-13-23/h5,8-15,18-19H,1,6-7,16-17H2,2-4H3. The first-order chi connectivity index (χ1) is 18.8. The van der Waals surface area contributed by atoms with Crippen molar-refractivity contribution in [3.05, 3.63) is 90.0 Å². The fourth-order valence-corrected chi connectivity index (χ4v) is 3.34. The number of unbranched alkanes of at least 4 members (excludes halogenated alkanes) is 1. The van der Waals surface area contributed by atoms with Crippen molar-refractivity contribution in [2.24, 2.45) is 0 Å². The minimum Gasteiger partial charge on any atom is -0.493 e. The molecule has 0 aliphatic carbocycles. The molecule has 3 aromatic carbocycles. The van der Waals surface area contributed by atoms with E-state index in [1.54, 1.807) is 24.3 Å². The third-order valence-corrected chi connectivity index (χ3v) is 5.44. The second kappa shape index (κ2) is 14.2. The number of methoxy groups -OCH3 is 2. The maximum atomic E-state index is 12.8. The van der Waals surface area contributed by atoms with Gasteiger partial charge in [-0.1, -0.05) is 24.3 Å². The van der Waals surface area contributed by atoms with E-state index in [0.717, 1.165) is 11.6 Å². The van der Waals surface area contributed by atoms with E-state index in [-0.39, 0.29) is 29.2 Å². The molecular weight excluding hydrogens is 504 g/mol. The minimum absolute atomic E-state index is 0.130. The highest BCUT2D eigenvalue weighted by atomic mass is 16.6. The zero-order valence-corrected chi connectivity index (χ0v) is 22.1. The normalized spacial score (nSPS) is 10.2. The smallest absolute Gasteiger partial charge is 0.343 e. The van der Waals surface area contributed by atoms with Gasteiger partial charge in [-0.25, -0.2) is 14.4 Å². The lowest BCUT2D eigenvalue weighted by Gasteiger charge is -2.13. The second-order valence-corrected chi connectivity index (χ2v) is 8.25. The van der Waals surface area contributed by atoms with Crippen LogP contribution in [-0.4, -0.2) is 45.3 Å². The Balaban J connectivity index is 1.61. The Kier molecular flexibility index (Phi) is 10.5. The van der Waals surface area contributed by atoms with E-state index in [4.69, 9.17) is 28.4 Å². The number of esters is 3. The molecule has 0 aliphatic rings. The number of hydrogen-bond donors (Lipinski definition) is 0. The summed E-state index contributed by atoms with van der Waals surface area (Å²) < 4.78 is 32.3. The van der Waals surface area contributed by atoms with E-state index >= 15 is 0 Å². The van der Waals surface area contributed by atoms with Crippen LogP contribution in [0.4, 0.5) is 0 Å². The quantitative estimate of drug-likeness (QED) is 0.124. The third-order valence-electron chi connectivity index (χ3n) is 5.44. The molecule has 0 unspecified atom stereocenters. The third kappa shape index (κ3) is 8.36. The summed E-state index contributed by atoms with van der Waals surface area (Å²) in [6, 6.07) is 16.1. The van der Waals surface area contributed by atoms with Crippen molar-refractivity contribution in [1.29, 1.82) is 0 Å². The van der Waals surface area contributed by atoms with Crippen molar-refractivity contribution in [3.8, 4) is 28.7 Å². The molecule has 0 N–H and O–H groups in total. The van der Waals surface area contributed by atoms with Crippen LogP contribution in [-0.2, 0) is 9.53 Å². The van der Waals surface area contributed by atoms with Gasteiger partial charge in [0.1, 0.15) is 5.75 Å². The minimum atomic E-state index is -0.655. The van der Waals surface area contributed by atoms with Crippen LogP contribution in [0.2, 0.25) is 0 Å². The van der Waals surface area contributed by atoms with E-state index in [2.05, 4.69) is 6.58 Å². The van der Waals surface area contributed by atoms with Crippen molar-refractivity contribution in [2.75, 3.05) is 27.4 Å². The molecule has 0 fully saturated rings. The summed E-state index contributed by atoms with van der Waals surface area (Å²) in [5, 5.41) is 0. The predicted molar refractivity (Wildman–Crippen MR) is 143 cm³/mol. The molecule has 0 saturated carbocycles. The summed E-state index contributed by atoms with van der Waals surface area (Å²) in [6.07, 6.45) is 2.38. The first-order valence-corrected chi connectivity index (χ1v) is 12.1. The first-order valence-electron chi connectivity index (χ1n) is 12.1. The number of rotatable bonds is 13. The van der Waals surface area contributed by atoms with Gasteiger partial charge >= 0.3 is 17.9 Å². The van der Waals surface area contributed by atoms with E-state index in [0.29, 0.717) is 36.7 Å². The monoisotopic (exact) mass is 534 g/mol. The molecule has 0 radical (unpaired) electrons. The molecule has 9 heteroatoms. The van der Waals surface area contributed by atoms with Crippen LogP contribution in [0.15, 0.2) is 73.3 Å². The van der Waals surface area contributed by atoms with Crippen LogP contribution in [0.3, 0.4) is 0 Å². The maximum Gasteiger partial charge on any atom is 0.343 e. The van der Waals surface area contributed by atoms with Gasteiger partial charge in [-0.3, -0.25) is 0 Å². The van der Waals surface area contributed by atoms with Crippen molar-refractivity contribution < 1.29 is 42.8 Å². The molecule has 3 rings (SSSR count). The lowest BCUT2D eigenvalue weighted by molar-refractivity contribution is -0.137. The van der Waals surface area contributed by atoms with E-state index in [1.165, 1.54) is 38.5 Å². The van der Waals surface area contributed by atoms with Crippen LogP contribution in [0.1, 0.15) is 39.1 Å². The largest absolute Gasteiger partial charge is 0.493 e. The fraction of sp³-hybridized carbons (Fsp3) is 0.233. The van der Waals surface area contributed by atoms with Gasteiger partial charge in [0.05, 0.1) is 38.6 Å². The van der Waals surface area contributed by atoms with Crippen molar-refractivity contribution in [3.63, 3.8) is 0 Å². The highest BCUT2D eigenvalue weighted by molar-refractivity contribution is 5.94. The van der Waals surface area contributed by atoms with Crippen LogP contribution in [0.25, 0.3) is 0 Å². The van der Waals surface area contributed by atoms with Gasteiger partial charge in [0.25, 0.3) is 0 Å². The fourth-order valence-electron chi connectivity index (χ4n) is 3.34. The second-order valence-electron chi connectivity index (χ2n) is 8.25. The molecule has 0 heterocycles. The molecule has 0 aromatic heterocycles. The van der Waals surface area contributed by atoms with Crippen molar-refractivity contribution >= 4 is 17.9 Å². The van der Waals surface area contributed by atoms with Gasteiger partial charge in [0, 0.05) is 6.08 Å². The molecule has 0 atom stereocenters. The molecule has 0 bridgehead atoms. The van der Waals surface area contributed by atoms with E-state index < -0.39 is 17.9 Å². The lowest BCUT2D eigenvalue weighted by Crippen LogP contribution is -2.12. The van der Waals surface area contributed by atoms with Crippen molar-refractivity contribution in [2.45, 2.75) is 19.8 Å². The van der Waals surface area contributed by atoms with E-state index in [9.17, 15) is 14.4 Å². The molecule has 0 spiro atoms. The Morgan fingerprint density at radius 2 is 1.28 bits per heavy atom. The summed E-state index contributed by atoms with van der Waals surface area (Å²) in [4.78, 5) is 36.5. The van der Waals surface area contributed by atoms with E-state index in [1.807, 2.05) is 19.1 Å². The zero-order valence-electron chi connectivity index (χ0n) is 22.1. The molecule has 0 aliphatic heterocycles. The summed E-state index contributed by atoms with van der Waals surface area (Å²) in [5.41, 5.74) is 1.50. The first kappa shape index (κ1) is 28.8. The number of aryl methyl sites for hydroxylation is 1. The van der Waals surface area contributed by atoms with Gasteiger partial charge < -0.3 is 28.4 Å². The van der Waals surface area contributed by atoms with Gasteiger partial charge in [-0.15, -0.1) is 0 Å². The van der Waals surface area contributed by atoms with Gasteiger partial charge in [0.15, 0.2) is 23.0 Å². The highest BCUT2D eigenvalue weighted by Crippen LogP contribution is 2.32. The van der Waals surface area contributed by atoms with Crippen LogP contribution < -0.4 is 23.7 Å². The number of benzene rings is 3. The molecule has 39 heavy (non-hydrogen) atoms. The van der Waals surface area contributed by atoms with Gasteiger partial charge in [0.2, 0.25) is 0 Å². The number of carbonyl (C=O) groups is 3. The Bertz CT molecular complexity index is 1310. The SMILES string of the molecule is C=CC(=O)OCCCCOc1ccc(C(=O)Oc2ccc(C(=O)Oc3ccc(C)cc3)cc2OC)cc1OC. The van der Waals surface area contributed by atoms with Crippen molar-refractivity contribution in [1.82, 2.24) is 0 Å². The molecule has 0 amide bonds. The molecule has 3 aromatic rings. The number of carbonyl (C=O) groups excluding carboxylic acids is 3. The average molecular weight is 535 g/mol. The van der Waals surface area contributed by atoms with Gasteiger partial charge in [-0.2, -0.15) is 0 Å². The highest BCUT2D eigenvalue weighted by Gasteiger charge is 2.18. The zero-order chi connectivity index (χ0) is 28.2. The Morgan fingerprint density at radius 1 is 0.718 bits per heavy atom. The Hall–Kier alpha value is -4.79. The molecular formula is C30H30O9. The summed E-state index contributed by atoms with van der Waals surface area (Å²) in [7, 11) is 2.86. The predicted octanol–water partition coefficient (Wildman–Crippen LogP) is 5.34. The number of ether oxygens (including phenoxy) is 6. The summed E-state index contributed by atoms with van der Waals surface area (Å²) in [5.74, 6) is -0.164. The van der Waals surface area contributed by atoms with Crippen LogP contribution >= 0.6 is 0 Å². The number of hydrogen-bond acceptors (Lipinski definition) is 9. The molecule has 0 saturated heterocycles. The maximum absolute atomic E-state index is 12.8. The van der Waals surface area contributed by atoms with Crippen LogP contribution in [0, 0.1) is 6.92 Å². The van der Waals surface area contributed by atoms with Crippen LogP contribution in [0.5, 0.6) is 28.7 Å². The Labute approximate surface area is 226 Å². The molecule has 9 nitrogen and oxygen atoms in total. The summed E-state index contributed by atoms with van der Waals surface area (Å²) >= 11 is 0. The lowest BCUT2D eigenvalue weighted by atomic mass is 10.2. The summed E-state index contributed by atoms with van der Waals surface area (Å²) in [6.45, 7) is 5.91. The Morgan fingerprint density at radius 3 is 1.90 bits per heavy atom. The van der Waals surface area contributed by atoms with Gasteiger partial charge in [-0.05, 0) is 68.3 Å². The topological polar surface area (TPSA) is 107 Å². The average Bonchev–Trinajstić information content (AvgIpc) is 2.95.